The van der Waals surface area contributed by atoms with E-state index in [2.05, 4.69) is 19.1 Å². The normalized spacial score (nSPS) is 45.9. The van der Waals surface area contributed by atoms with E-state index in [9.17, 15) is 10.2 Å². The van der Waals surface area contributed by atoms with Gasteiger partial charge in [0.05, 0.1) is 12.2 Å². The molecule has 0 amide bonds. The lowest BCUT2D eigenvalue weighted by atomic mass is 9.67. The van der Waals surface area contributed by atoms with E-state index in [0.717, 1.165) is 18.8 Å². The van der Waals surface area contributed by atoms with E-state index in [-0.39, 0.29) is 12.2 Å². The maximum atomic E-state index is 9.76. The highest BCUT2D eigenvalue weighted by atomic mass is 16.3. The van der Waals surface area contributed by atoms with Crippen molar-refractivity contribution in [1.29, 1.82) is 0 Å². The molecule has 3 rings (SSSR count). The molecule has 2 N–H and O–H groups in total. The highest BCUT2D eigenvalue weighted by Crippen LogP contribution is 2.54. The number of fused-ring (bicyclic) bond motifs is 1. The molecule has 0 radical (unpaired) electrons. The molecule has 3 aliphatic rings. The van der Waals surface area contributed by atoms with Gasteiger partial charge in [-0.25, -0.2) is 0 Å². The van der Waals surface area contributed by atoms with E-state index in [1.807, 2.05) is 0 Å². The van der Waals surface area contributed by atoms with E-state index in [4.69, 9.17) is 0 Å². The van der Waals surface area contributed by atoms with Crippen molar-refractivity contribution in [2.24, 2.45) is 11.3 Å². The number of aliphatic hydroxyl groups is 2. The van der Waals surface area contributed by atoms with Crippen LogP contribution >= 0.6 is 0 Å². The molecule has 0 spiro atoms. The van der Waals surface area contributed by atoms with Gasteiger partial charge in [-0.3, -0.25) is 0 Å². The Kier molecular flexibility index (Phi) is 4.05. The third kappa shape index (κ3) is 2.87. The Hall–Kier alpha value is -0.600. The molecule has 0 heterocycles. The van der Waals surface area contributed by atoms with Gasteiger partial charge in [0.1, 0.15) is 0 Å². The third-order valence-electron chi connectivity index (χ3n) is 5.82. The summed E-state index contributed by atoms with van der Waals surface area (Å²) in [6.45, 7) is 2.47. The lowest BCUT2D eigenvalue weighted by Crippen LogP contribution is -2.27. The van der Waals surface area contributed by atoms with Gasteiger partial charge >= 0.3 is 0 Å². The zero-order chi connectivity index (χ0) is 14.2. The first-order valence-electron chi connectivity index (χ1n) is 8.31. The monoisotopic (exact) mass is 276 g/mol. The molecule has 0 bridgehead atoms. The van der Waals surface area contributed by atoms with Crippen LogP contribution in [0.3, 0.4) is 0 Å². The maximum absolute atomic E-state index is 9.76. The molecule has 3 saturated carbocycles. The van der Waals surface area contributed by atoms with Gasteiger partial charge in [0.25, 0.3) is 0 Å². The van der Waals surface area contributed by atoms with Crippen molar-refractivity contribution >= 4 is 0 Å². The van der Waals surface area contributed by atoms with E-state index < -0.39 is 0 Å². The molecule has 0 aromatic rings. The predicted molar refractivity (Wildman–Crippen MR) is 81.3 cm³/mol. The molecule has 2 nitrogen and oxygen atoms in total. The van der Waals surface area contributed by atoms with Gasteiger partial charge < -0.3 is 10.2 Å². The van der Waals surface area contributed by atoms with Crippen molar-refractivity contribution in [3.8, 4) is 0 Å². The first-order valence-corrected chi connectivity index (χ1v) is 8.31. The fraction of sp³-hybridized carbons (Fsp3) is 0.778. The van der Waals surface area contributed by atoms with Crippen LogP contribution in [0.4, 0.5) is 0 Å². The van der Waals surface area contributed by atoms with Gasteiger partial charge in [-0.05, 0) is 62.7 Å². The fourth-order valence-corrected chi connectivity index (χ4v) is 4.77. The van der Waals surface area contributed by atoms with Crippen molar-refractivity contribution < 1.29 is 10.2 Å². The lowest BCUT2D eigenvalue weighted by Gasteiger charge is -2.38. The highest BCUT2D eigenvalue weighted by molar-refractivity contribution is 5.25. The van der Waals surface area contributed by atoms with Gasteiger partial charge in [-0.15, -0.1) is 0 Å². The second-order valence-corrected chi connectivity index (χ2v) is 7.47. The number of rotatable bonds is 1. The second-order valence-electron chi connectivity index (χ2n) is 7.47. The van der Waals surface area contributed by atoms with E-state index in [0.29, 0.717) is 11.8 Å². The number of allylic oxidation sites excluding steroid dienone is 3. The van der Waals surface area contributed by atoms with Crippen molar-refractivity contribution in [2.75, 3.05) is 0 Å². The number of aliphatic hydroxyl groups excluding tert-OH is 2. The average Bonchev–Trinajstić information content (AvgIpc) is 2.77. The smallest absolute Gasteiger partial charge is 0.0602 e. The SMILES string of the molecule is C[C@@]12CCC/C(=C\C=C3C[C@@H](O)C[C@@H](O)C3)[C@H]1CCC2. The molecule has 112 valence electrons. The van der Waals surface area contributed by atoms with Gasteiger partial charge in [-0.1, -0.05) is 36.6 Å². The minimum absolute atomic E-state index is 0.355. The minimum Gasteiger partial charge on any atom is -0.393 e. The largest absolute Gasteiger partial charge is 0.393 e. The Labute approximate surface area is 122 Å². The first kappa shape index (κ1) is 14.3. The van der Waals surface area contributed by atoms with Crippen LogP contribution in [0.25, 0.3) is 0 Å². The predicted octanol–water partition coefficient (Wildman–Crippen LogP) is 3.74. The summed E-state index contributed by atoms with van der Waals surface area (Å²) in [6.07, 6.45) is 13.9. The van der Waals surface area contributed by atoms with Crippen LogP contribution in [0.5, 0.6) is 0 Å². The molecule has 0 unspecified atom stereocenters. The molecule has 0 aliphatic heterocycles. The molecule has 0 aromatic heterocycles. The summed E-state index contributed by atoms with van der Waals surface area (Å²) in [6, 6.07) is 0. The Balaban J connectivity index is 1.74. The fourth-order valence-electron chi connectivity index (χ4n) is 4.77. The number of hydrogen-bond acceptors (Lipinski definition) is 2. The Bertz CT molecular complexity index is 411. The summed E-state index contributed by atoms with van der Waals surface area (Å²) in [5.41, 5.74) is 3.39. The zero-order valence-electron chi connectivity index (χ0n) is 12.6. The van der Waals surface area contributed by atoms with Gasteiger partial charge in [0, 0.05) is 0 Å². The second kappa shape index (κ2) is 5.65. The Morgan fingerprint density at radius 1 is 1.05 bits per heavy atom. The molecule has 3 fully saturated rings. The van der Waals surface area contributed by atoms with Crippen LogP contribution in [0, 0.1) is 11.3 Å². The van der Waals surface area contributed by atoms with Crippen molar-refractivity contribution in [1.82, 2.24) is 0 Å². The highest BCUT2D eigenvalue weighted by Gasteiger charge is 2.42. The molecule has 0 saturated heterocycles. The topological polar surface area (TPSA) is 40.5 Å². The van der Waals surface area contributed by atoms with Crippen molar-refractivity contribution in [3.05, 3.63) is 23.3 Å². The molecular weight excluding hydrogens is 248 g/mol. The van der Waals surface area contributed by atoms with E-state index in [1.54, 1.807) is 5.57 Å². The minimum atomic E-state index is -0.355. The molecule has 2 heteroatoms. The first-order chi connectivity index (χ1) is 9.57. The van der Waals surface area contributed by atoms with Crippen LogP contribution in [0.2, 0.25) is 0 Å². The van der Waals surface area contributed by atoms with Crippen LogP contribution in [-0.2, 0) is 0 Å². The molecule has 4 atom stereocenters. The van der Waals surface area contributed by atoms with Crippen molar-refractivity contribution in [3.63, 3.8) is 0 Å². The zero-order valence-corrected chi connectivity index (χ0v) is 12.6. The Morgan fingerprint density at radius 2 is 1.75 bits per heavy atom. The summed E-state index contributed by atoms with van der Waals surface area (Å²) >= 11 is 0. The van der Waals surface area contributed by atoms with Gasteiger partial charge in [-0.2, -0.15) is 0 Å². The summed E-state index contributed by atoms with van der Waals surface area (Å²) in [4.78, 5) is 0. The summed E-state index contributed by atoms with van der Waals surface area (Å²) in [5.74, 6) is 0.784. The Morgan fingerprint density at radius 3 is 2.50 bits per heavy atom. The lowest BCUT2D eigenvalue weighted by molar-refractivity contribution is 0.0609. The van der Waals surface area contributed by atoms with Crippen LogP contribution in [-0.4, -0.2) is 22.4 Å². The number of hydrogen-bond donors (Lipinski definition) is 2. The van der Waals surface area contributed by atoms with Gasteiger partial charge in [0.2, 0.25) is 0 Å². The molecular formula is C18H28O2. The summed E-state index contributed by atoms with van der Waals surface area (Å²) in [7, 11) is 0. The average molecular weight is 276 g/mol. The molecule has 3 aliphatic carbocycles. The van der Waals surface area contributed by atoms with Gasteiger partial charge in [0.15, 0.2) is 0 Å². The standard InChI is InChI=1S/C18H28O2/c1-18-8-2-4-14(17(18)5-3-9-18)7-6-13-10-15(19)12-16(20)11-13/h6-7,15-17,19-20H,2-5,8-12H2,1H3/b13-6?,14-7+/t15-,16+,17-,18+/m1/s1. The third-order valence-corrected chi connectivity index (χ3v) is 5.82. The van der Waals surface area contributed by atoms with Crippen LogP contribution in [0.1, 0.15) is 64.7 Å². The molecule has 20 heavy (non-hydrogen) atoms. The van der Waals surface area contributed by atoms with Crippen LogP contribution in [0.15, 0.2) is 23.3 Å². The van der Waals surface area contributed by atoms with E-state index in [1.165, 1.54) is 44.1 Å². The molecule has 0 aromatic carbocycles. The summed E-state index contributed by atoms with van der Waals surface area (Å²) < 4.78 is 0. The summed E-state index contributed by atoms with van der Waals surface area (Å²) in [5, 5.41) is 19.5. The van der Waals surface area contributed by atoms with E-state index >= 15 is 0 Å². The quantitative estimate of drug-likeness (QED) is 0.766. The maximum Gasteiger partial charge on any atom is 0.0602 e. The van der Waals surface area contributed by atoms with Crippen molar-refractivity contribution in [2.45, 2.75) is 76.9 Å². The van der Waals surface area contributed by atoms with Crippen LogP contribution < -0.4 is 0 Å².